The molecule has 2 heterocycles. The molecule has 7 nitrogen and oxygen atoms in total. The van der Waals surface area contributed by atoms with Gasteiger partial charge in [0.05, 0.1) is 17.9 Å². The highest BCUT2D eigenvalue weighted by molar-refractivity contribution is 5.93. The van der Waals surface area contributed by atoms with Crippen molar-refractivity contribution in [1.82, 2.24) is 25.4 Å². The maximum atomic E-state index is 12.4. The average Bonchev–Trinajstić information content (AvgIpc) is 3.27. The van der Waals surface area contributed by atoms with Crippen molar-refractivity contribution < 1.29 is 9.42 Å². The molecule has 1 unspecified atom stereocenters. The number of nitrogens with one attached hydrogen (secondary N) is 1. The van der Waals surface area contributed by atoms with Gasteiger partial charge in [0.25, 0.3) is 5.91 Å². The molecule has 7 heteroatoms. The number of aryl methyl sites for hydroxylation is 1. The van der Waals surface area contributed by atoms with Crippen molar-refractivity contribution in [2.75, 3.05) is 0 Å². The van der Waals surface area contributed by atoms with Gasteiger partial charge in [0, 0.05) is 16.6 Å². The summed E-state index contributed by atoms with van der Waals surface area (Å²) in [6.45, 7) is 5.59. The Balaban J connectivity index is 1.66. The van der Waals surface area contributed by atoms with Gasteiger partial charge in [-0.2, -0.15) is 5.10 Å². The monoisotopic (exact) mass is 361 g/mol. The molecular formula is C20H19N5O2. The SMILES string of the molecule is Cc1nonc1C(=O)NC(C)c1cnn(-c2cccc3ccccc23)c1C. The fraction of sp³-hybridized carbons (Fsp3) is 0.200. The van der Waals surface area contributed by atoms with E-state index in [1.54, 1.807) is 13.1 Å². The van der Waals surface area contributed by atoms with Crippen LogP contribution in [0.2, 0.25) is 0 Å². The molecule has 4 aromatic rings. The molecule has 0 radical (unpaired) electrons. The van der Waals surface area contributed by atoms with E-state index in [-0.39, 0.29) is 17.6 Å². The van der Waals surface area contributed by atoms with E-state index in [2.05, 4.69) is 43.6 Å². The van der Waals surface area contributed by atoms with Gasteiger partial charge in [0.15, 0.2) is 5.69 Å². The van der Waals surface area contributed by atoms with Gasteiger partial charge in [-0.15, -0.1) is 0 Å². The maximum Gasteiger partial charge on any atom is 0.275 e. The van der Waals surface area contributed by atoms with Gasteiger partial charge in [0.1, 0.15) is 5.69 Å². The minimum Gasteiger partial charge on any atom is -0.344 e. The first-order valence-electron chi connectivity index (χ1n) is 8.69. The van der Waals surface area contributed by atoms with E-state index in [0.717, 1.165) is 27.7 Å². The van der Waals surface area contributed by atoms with Crippen LogP contribution >= 0.6 is 0 Å². The van der Waals surface area contributed by atoms with Crippen LogP contribution in [0, 0.1) is 13.8 Å². The van der Waals surface area contributed by atoms with Gasteiger partial charge >= 0.3 is 0 Å². The summed E-state index contributed by atoms with van der Waals surface area (Å²) in [6, 6.07) is 14.1. The van der Waals surface area contributed by atoms with Gasteiger partial charge in [-0.25, -0.2) is 9.31 Å². The summed E-state index contributed by atoms with van der Waals surface area (Å²) >= 11 is 0. The topological polar surface area (TPSA) is 85.8 Å². The minimum absolute atomic E-state index is 0.195. The second kappa shape index (κ2) is 6.68. The lowest BCUT2D eigenvalue weighted by atomic mass is 10.1. The predicted molar refractivity (Wildman–Crippen MR) is 101 cm³/mol. The second-order valence-electron chi connectivity index (χ2n) is 6.49. The lowest BCUT2D eigenvalue weighted by molar-refractivity contribution is 0.0929. The van der Waals surface area contributed by atoms with E-state index in [0.29, 0.717) is 5.69 Å². The standard InChI is InChI=1S/C20H19N5O2/c1-12(22-20(26)19-13(2)23-27-24-19)17-11-21-25(14(17)3)18-10-6-8-15-7-4-5-9-16(15)18/h4-12H,1-3H3,(H,22,26). The Morgan fingerprint density at radius 2 is 1.89 bits per heavy atom. The summed E-state index contributed by atoms with van der Waals surface area (Å²) in [7, 11) is 0. The zero-order valence-corrected chi connectivity index (χ0v) is 15.3. The van der Waals surface area contributed by atoms with Crippen LogP contribution < -0.4 is 5.32 Å². The zero-order valence-electron chi connectivity index (χ0n) is 15.3. The third kappa shape index (κ3) is 2.97. The molecule has 136 valence electrons. The molecule has 0 aliphatic rings. The number of benzene rings is 2. The van der Waals surface area contributed by atoms with Crippen LogP contribution in [0.5, 0.6) is 0 Å². The van der Waals surface area contributed by atoms with E-state index in [1.807, 2.05) is 42.8 Å². The fourth-order valence-electron chi connectivity index (χ4n) is 3.26. The normalized spacial score (nSPS) is 12.3. The van der Waals surface area contributed by atoms with Crippen molar-refractivity contribution in [1.29, 1.82) is 0 Å². The van der Waals surface area contributed by atoms with Crippen molar-refractivity contribution >= 4 is 16.7 Å². The Kier molecular flexibility index (Phi) is 4.19. The first kappa shape index (κ1) is 17.0. The second-order valence-corrected chi connectivity index (χ2v) is 6.49. The molecule has 4 rings (SSSR count). The Bertz CT molecular complexity index is 1120. The summed E-state index contributed by atoms with van der Waals surface area (Å²) in [5.74, 6) is -0.321. The summed E-state index contributed by atoms with van der Waals surface area (Å²) in [5.41, 5.74) is 3.57. The van der Waals surface area contributed by atoms with Gasteiger partial charge < -0.3 is 5.32 Å². The quantitative estimate of drug-likeness (QED) is 0.601. The first-order valence-corrected chi connectivity index (χ1v) is 8.69. The van der Waals surface area contributed by atoms with Crippen molar-refractivity contribution in [2.45, 2.75) is 26.8 Å². The lowest BCUT2D eigenvalue weighted by Gasteiger charge is -2.14. The molecule has 0 aliphatic carbocycles. The van der Waals surface area contributed by atoms with Crippen molar-refractivity contribution in [3.05, 3.63) is 71.3 Å². The summed E-state index contributed by atoms with van der Waals surface area (Å²) in [5, 5.41) is 17.1. The highest BCUT2D eigenvalue weighted by Gasteiger charge is 2.21. The molecule has 0 aliphatic heterocycles. The van der Waals surface area contributed by atoms with E-state index < -0.39 is 0 Å². The van der Waals surface area contributed by atoms with Crippen molar-refractivity contribution in [2.24, 2.45) is 0 Å². The molecule has 27 heavy (non-hydrogen) atoms. The van der Waals surface area contributed by atoms with E-state index in [9.17, 15) is 4.79 Å². The van der Waals surface area contributed by atoms with Crippen LogP contribution in [0.4, 0.5) is 0 Å². The van der Waals surface area contributed by atoms with Gasteiger partial charge in [0.2, 0.25) is 0 Å². The molecule has 0 saturated heterocycles. The average molecular weight is 361 g/mol. The Morgan fingerprint density at radius 3 is 2.67 bits per heavy atom. The maximum absolute atomic E-state index is 12.4. The third-order valence-electron chi connectivity index (χ3n) is 4.72. The van der Waals surface area contributed by atoms with Crippen molar-refractivity contribution in [3.8, 4) is 5.69 Å². The Morgan fingerprint density at radius 1 is 1.11 bits per heavy atom. The Labute approximate surface area is 156 Å². The smallest absolute Gasteiger partial charge is 0.275 e. The number of nitrogens with zero attached hydrogens (tertiary/aromatic N) is 4. The number of hydrogen-bond acceptors (Lipinski definition) is 5. The number of amides is 1. The number of carbonyl (C=O) groups excluding carboxylic acids is 1. The van der Waals surface area contributed by atoms with Crippen LogP contribution in [0.15, 0.2) is 53.3 Å². The van der Waals surface area contributed by atoms with E-state index in [4.69, 9.17) is 0 Å². The molecule has 0 bridgehead atoms. The Hall–Kier alpha value is -3.48. The highest BCUT2D eigenvalue weighted by Crippen LogP contribution is 2.26. The van der Waals surface area contributed by atoms with Crippen LogP contribution in [-0.4, -0.2) is 26.0 Å². The van der Waals surface area contributed by atoms with Gasteiger partial charge in [-0.3, -0.25) is 4.79 Å². The summed E-state index contributed by atoms with van der Waals surface area (Å²) < 4.78 is 6.51. The number of rotatable bonds is 4. The number of carbonyl (C=O) groups is 1. The summed E-state index contributed by atoms with van der Waals surface area (Å²) in [6.07, 6.45) is 1.79. The molecule has 0 fully saturated rings. The zero-order chi connectivity index (χ0) is 19.0. The molecular weight excluding hydrogens is 342 g/mol. The number of hydrogen-bond donors (Lipinski definition) is 1. The molecule has 1 amide bonds. The van der Waals surface area contributed by atoms with Crippen LogP contribution in [0.1, 0.15) is 40.4 Å². The summed E-state index contributed by atoms with van der Waals surface area (Å²) in [4.78, 5) is 12.4. The largest absolute Gasteiger partial charge is 0.344 e. The molecule has 2 aromatic carbocycles. The number of fused-ring (bicyclic) bond motifs is 1. The van der Waals surface area contributed by atoms with Crippen LogP contribution in [0.3, 0.4) is 0 Å². The highest BCUT2D eigenvalue weighted by atomic mass is 16.6. The van der Waals surface area contributed by atoms with Crippen LogP contribution in [-0.2, 0) is 0 Å². The fourth-order valence-corrected chi connectivity index (χ4v) is 3.26. The van der Waals surface area contributed by atoms with Gasteiger partial charge in [-0.05, 0) is 37.4 Å². The predicted octanol–water partition coefficient (Wildman–Crippen LogP) is 3.52. The molecule has 1 N–H and O–H groups in total. The lowest BCUT2D eigenvalue weighted by Crippen LogP contribution is -2.27. The molecule has 2 aromatic heterocycles. The van der Waals surface area contributed by atoms with Crippen LogP contribution in [0.25, 0.3) is 16.5 Å². The van der Waals surface area contributed by atoms with E-state index >= 15 is 0 Å². The first-order chi connectivity index (χ1) is 13.1. The number of aromatic nitrogens is 4. The molecule has 1 atom stereocenters. The molecule has 0 saturated carbocycles. The van der Waals surface area contributed by atoms with Crippen molar-refractivity contribution in [3.63, 3.8) is 0 Å². The third-order valence-corrected chi connectivity index (χ3v) is 4.72. The molecule has 0 spiro atoms. The minimum atomic E-state index is -0.321. The van der Waals surface area contributed by atoms with Gasteiger partial charge in [-0.1, -0.05) is 41.6 Å². The van der Waals surface area contributed by atoms with E-state index in [1.165, 1.54) is 0 Å².